The topological polar surface area (TPSA) is 89.0 Å². The van der Waals surface area contributed by atoms with Crippen LogP contribution in [-0.2, 0) is 14.3 Å². The van der Waals surface area contributed by atoms with Gasteiger partial charge in [-0.25, -0.2) is 9.69 Å². The fourth-order valence-electron chi connectivity index (χ4n) is 2.21. The van der Waals surface area contributed by atoms with Crippen LogP contribution in [0.4, 0.5) is 4.79 Å². The Balaban J connectivity index is 1.46. The van der Waals surface area contributed by atoms with Gasteiger partial charge >= 0.3 is 6.09 Å². The molecule has 1 aromatic rings. The molecule has 0 aliphatic carbocycles. The molecule has 0 aromatic carbocycles. The maximum atomic E-state index is 11.9. The standard InChI is InChI=1S/C13H13N3O5/c17-11(7-20-10-2-1-3-14-4-10)15-5-9(6-15)16-12(18)8-21-13(16)19/h1-4,9H,5-8H2. The zero-order chi connectivity index (χ0) is 14.8. The van der Waals surface area contributed by atoms with Gasteiger partial charge in [-0.2, -0.15) is 0 Å². The quantitative estimate of drug-likeness (QED) is 0.753. The number of nitrogens with zero attached hydrogens (tertiary/aromatic N) is 3. The van der Waals surface area contributed by atoms with Crippen molar-refractivity contribution in [2.24, 2.45) is 0 Å². The monoisotopic (exact) mass is 291 g/mol. The Labute approximate surface area is 120 Å². The lowest BCUT2D eigenvalue weighted by molar-refractivity contribution is -0.143. The van der Waals surface area contributed by atoms with Gasteiger partial charge in [0.2, 0.25) is 0 Å². The van der Waals surface area contributed by atoms with Crippen molar-refractivity contribution in [2.75, 3.05) is 26.3 Å². The number of amides is 3. The molecular weight excluding hydrogens is 278 g/mol. The highest BCUT2D eigenvalue weighted by Gasteiger charge is 2.44. The lowest BCUT2D eigenvalue weighted by Crippen LogP contribution is -2.62. The second-order valence-corrected chi connectivity index (χ2v) is 4.75. The van der Waals surface area contributed by atoms with Gasteiger partial charge in [-0.15, -0.1) is 0 Å². The molecule has 0 N–H and O–H groups in total. The lowest BCUT2D eigenvalue weighted by Gasteiger charge is -2.41. The van der Waals surface area contributed by atoms with Crippen LogP contribution in [-0.4, -0.2) is 65.0 Å². The Bertz CT molecular complexity index is 554. The van der Waals surface area contributed by atoms with Crippen LogP contribution in [0.2, 0.25) is 0 Å². The predicted octanol–water partition coefficient (Wildman–Crippen LogP) is -0.350. The minimum Gasteiger partial charge on any atom is -0.482 e. The predicted molar refractivity (Wildman–Crippen MR) is 68.3 cm³/mol. The number of cyclic esters (lactones) is 1. The van der Waals surface area contributed by atoms with Crippen LogP contribution in [0.1, 0.15) is 0 Å². The molecule has 3 amide bonds. The van der Waals surface area contributed by atoms with E-state index >= 15 is 0 Å². The Morgan fingerprint density at radius 2 is 2.24 bits per heavy atom. The van der Waals surface area contributed by atoms with E-state index in [0.717, 1.165) is 4.90 Å². The van der Waals surface area contributed by atoms with Crippen molar-refractivity contribution in [1.82, 2.24) is 14.8 Å². The van der Waals surface area contributed by atoms with E-state index in [2.05, 4.69) is 9.72 Å². The summed E-state index contributed by atoms with van der Waals surface area (Å²) >= 11 is 0. The number of pyridine rings is 1. The number of rotatable bonds is 4. The van der Waals surface area contributed by atoms with Crippen molar-refractivity contribution < 1.29 is 23.9 Å². The molecule has 2 aliphatic rings. The van der Waals surface area contributed by atoms with E-state index in [1.165, 1.54) is 11.1 Å². The van der Waals surface area contributed by atoms with Crippen molar-refractivity contribution in [3.63, 3.8) is 0 Å². The molecule has 3 heterocycles. The number of carbonyl (C=O) groups is 3. The minimum atomic E-state index is -0.635. The summed E-state index contributed by atoms with van der Waals surface area (Å²) in [5, 5.41) is 0. The van der Waals surface area contributed by atoms with E-state index in [1.807, 2.05) is 0 Å². The number of hydrogen-bond acceptors (Lipinski definition) is 6. The number of ether oxygens (including phenoxy) is 2. The maximum absolute atomic E-state index is 11.9. The van der Waals surface area contributed by atoms with Crippen molar-refractivity contribution in [2.45, 2.75) is 6.04 Å². The van der Waals surface area contributed by atoms with Gasteiger partial charge in [0, 0.05) is 19.3 Å². The number of carbonyl (C=O) groups excluding carboxylic acids is 3. The van der Waals surface area contributed by atoms with Gasteiger partial charge in [0.25, 0.3) is 11.8 Å². The molecule has 21 heavy (non-hydrogen) atoms. The average Bonchev–Trinajstić information content (AvgIpc) is 2.77. The van der Waals surface area contributed by atoms with E-state index in [1.54, 1.807) is 18.3 Å². The van der Waals surface area contributed by atoms with Gasteiger partial charge in [0.1, 0.15) is 5.75 Å². The third-order valence-electron chi connectivity index (χ3n) is 3.36. The molecule has 3 rings (SSSR count). The maximum Gasteiger partial charge on any atom is 0.417 e. The largest absolute Gasteiger partial charge is 0.482 e. The van der Waals surface area contributed by atoms with Crippen LogP contribution in [0.15, 0.2) is 24.5 Å². The van der Waals surface area contributed by atoms with Gasteiger partial charge in [-0.1, -0.05) is 0 Å². The molecule has 0 bridgehead atoms. The second kappa shape index (κ2) is 5.39. The summed E-state index contributed by atoms with van der Waals surface area (Å²) in [6, 6.07) is 3.12. The smallest absolute Gasteiger partial charge is 0.417 e. The van der Waals surface area contributed by atoms with Crippen molar-refractivity contribution >= 4 is 17.9 Å². The number of imide groups is 1. The molecule has 8 nitrogen and oxygen atoms in total. The van der Waals surface area contributed by atoms with Crippen LogP contribution < -0.4 is 4.74 Å². The first-order chi connectivity index (χ1) is 10.1. The Morgan fingerprint density at radius 1 is 1.43 bits per heavy atom. The molecule has 2 saturated heterocycles. The summed E-state index contributed by atoms with van der Waals surface area (Å²) in [4.78, 5) is 41.2. The zero-order valence-electron chi connectivity index (χ0n) is 11.1. The summed E-state index contributed by atoms with van der Waals surface area (Å²) in [7, 11) is 0. The normalized spacial score (nSPS) is 18.5. The van der Waals surface area contributed by atoms with Crippen molar-refractivity contribution in [1.29, 1.82) is 0 Å². The highest BCUT2D eigenvalue weighted by atomic mass is 16.6. The van der Waals surface area contributed by atoms with Gasteiger partial charge in [-0.3, -0.25) is 14.6 Å². The van der Waals surface area contributed by atoms with Crippen LogP contribution in [0.3, 0.4) is 0 Å². The molecule has 2 aliphatic heterocycles. The van der Waals surface area contributed by atoms with Gasteiger partial charge in [0.05, 0.1) is 12.2 Å². The molecular formula is C13H13N3O5. The number of likely N-dealkylation sites (tertiary alicyclic amines) is 1. The Hall–Kier alpha value is -2.64. The second-order valence-electron chi connectivity index (χ2n) is 4.75. The Kier molecular flexibility index (Phi) is 3.43. The molecule has 8 heteroatoms. The van der Waals surface area contributed by atoms with E-state index in [-0.39, 0.29) is 31.1 Å². The fourth-order valence-corrected chi connectivity index (χ4v) is 2.21. The summed E-state index contributed by atoms with van der Waals surface area (Å²) in [5.41, 5.74) is 0. The lowest BCUT2D eigenvalue weighted by atomic mass is 10.1. The van der Waals surface area contributed by atoms with Gasteiger partial charge in [-0.05, 0) is 12.1 Å². The zero-order valence-corrected chi connectivity index (χ0v) is 11.1. The first-order valence-corrected chi connectivity index (χ1v) is 6.44. The summed E-state index contributed by atoms with van der Waals surface area (Å²) < 4.78 is 9.94. The highest BCUT2D eigenvalue weighted by Crippen LogP contribution is 2.20. The first-order valence-electron chi connectivity index (χ1n) is 6.44. The molecule has 0 atom stereocenters. The van der Waals surface area contributed by atoms with Crippen molar-refractivity contribution in [3.05, 3.63) is 24.5 Å². The Morgan fingerprint density at radius 3 is 2.86 bits per heavy atom. The van der Waals surface area contributed by atoms with E-state index in [0.29, 0.717) is 18.8 Å². The average molecular weight is 291 g/mol. The van der Waals surface area contributed by atoms with E-state index < -0.39 is 6.09 Å². The summed E-state index contributed by atoms with van der Waals surface area (Å²) in [6.07, 6.45) is 2.50. The molecule has 0 unspecified atom stereocenters. The SMILES string of the molecule is O=C(COc1cccnc1)N1CC(N2C(=O)COC2=O)C1. The minimum absolute atomic E-state index is 0.100. The van der Waals surface area contributed by atoms with Crippen LogP contribution in [0.25, 0.3) is 0 Å². The number of hydrogen-bond donors (Lipinski definition) is 0. The third-order valence-corrected chi connectivity index (χ3v) is 3.36. The van der Waals surface area contributed by atoms with E-state index in [9.17, 15) is 14.4 Å². The third kappa shape index (κ3) is 2.64. The van der Waals surface area contributed by atoms with Gasteiger partial charge in [0.15, 0.2) is 13.2 Å². The highest BCUT2D eigenvalue weighted by molar-refractivity contribution is 5.98. The molecule has 0 saturated carbocycles. The molecule has 110 valence electrons. The fraction of sp³-hybridized carbons (Fsp3) is 0.385. The molecule has 0 spiro atoms. The van der Waals surface area contributed by atoms with Crippen LogP contribution in [0.5, 0.6) is 5.75 Å². The number of aromatic nitrogens is 1. The first kappa shape index (κ1) is 13.3. The molecule has 2 fully saturated rings. The molecule has 1 aromatic heterocycles. The van der Waals surface area contributed by atoms with Gasteiger partial charge < -0.3 is 14.4 Å². The van der Waals surface area contributed by atoms with Crippen LogP contribution >= 0.6 is 0 Å². The van der Waals surface area contributed by atoms with E-state index in [4.69, 9.17) is 4.74 Å². The van der Waals surface area contributed by atoms with Crippen molar-refractivity contribution in [3.8, 4) is 5.75 Å². The van der Waals surface area contributed by atoms with Crippen LogP contribution in [0, 0.1) is 0 Å². The molecule has 0 radical (unpaired) electrons. The summed E-state index contributed by atoms with van der Waals surface area (Å²) in [6.45, 7) is 0.316. The summed E-state index contributed by atoms with van der Waals surface area (Å²) in [5.74, 6) is -0.0416.